The molecule has 0 atom stereocenters. The molecule has 0 aliphatic heterocycles. The molecule has 0 aromatic heterocycles. The van der Waals surface area contributed by atoms with Gasteiger partial charge in [-0.15, -0.1) is 0 Å². The van der Waals surface area contributed by atoms with Crippen molar-refractivity contribution >= 4 is 43.1 Å². The number of hydrogen-bond acceptors (Lipinski definition) is 0. The molecule has 0 bridgehead atoms. The first-order chi connectivity index (χ1) is 10.9. The van der Waals surface area contributed by atoms with Gasteiger partial charge in [-0.05, 0) is 73.4 Å². The van der Waals surface area contributed by atoms with Gasteiger partial charge in [-0.1, -0.05) is 54.6 Å². The zero-order valence-electron chi connectivity index (χ0n) is 12.0. The van der Waals surface area contributed by atoms with E-state index >= 15 is 0 Å². The maximum absolute atomic E-state index is 3.40. The Morgan fingerprint density at radius 3 is 1.95 bits per heavy atom. The summed E-state index contributed by atoms with van der Waals surface area (Å²) in [6.45, 7) is 0. The molecule has 0 nitrogen and oxygen atoms in total. The van der Waals surface area contributed by atoms with E-state index in [9.17, 15) is 0 Å². The summed E-state index contributed by atoms with van der Waals surface area (Å²) in [6.07, 6.45) is 0. The van der Waals surface area contributed by atoms with Crippen molar-refractivity contribution in [2.24, 2.45) is 0 Å². The minimum Gasteiger partial charge on any atom is -0.0616 e. The van der Waals surface area contributed by atoms with Gasteiger partial charge >= 0.3 is 0 Å². The Balaban J connectivity index is 1.98. The maximum Gasteiger partial charge on any atom is -0.00264 e. The normalized spacial score (nSPS) is 11.6. The van der Waals surface area contributed by atoms with Crippen LogP contribution in [0.3, 0.4) is 0 Å². The monoisotopic (exact) mass is 277 g/mol. The molecule has 101 valence electrons. The molecule has 0 heteroatoms. The highest BCUT2D eigenvalue weighted by atomic mass is 14.1. The molecular formula is C22H13. The third kappa shape index (κ3) is 1.64. The molecule has 0 aliphatic rings. The lowest BCUT2D eigenvalue weighted by Crippen LogP contribution is -1.81. The standard InChI is InChI=1S/C22H13/c1-2-7-17-12-20-14-22-18(13-19(20)11-16(17)6-1)10-9-15-5-3-4-8-21(15)22/h1-7,9-14H. The summed E-state index contributed by atoms with van der Waals surface area (Å²) in [5.41, 5.74) is 0. The zero-order valence-corrected chi connectivity index (χ0v) is 12.0. The van der Waals surface area contributed by atoms with Crippen LogP contribution in [0.4, 0.5) is 0 Å². The van der Waals surface area contributed by atoms with Gasteiger partial charge in [0.1, 0.15) is 0 Å². The Bertz CT molecular complexity index is 1160. The second kappa shape index (κ2) is 4.32. The van der Waals surface area contributed by atoms with Gasteiger partial charge in [0.05, 0.1) is 0 Å². The fourth-order valence-electron chi connectivity index (χ4n) is 3.37. The van der Waals surface area contributed by atoms with Crippen LogP contribution in [0.15, 0.2) is 78.9 Å². The van der Waals surface area contributed by atoms with Crippen LogP contribution in [-0.2, 0) is 0 Å². The van der Waals surface area contributed by atoms with Crippen molar-refractivity contribution in [2.45, 2.75) is 0 Å². The molecular weight excluding hydrogens is 264 g/mol. The van der Waals surface area contributed by atoms with Crippen LogP contribution in [0.1, 0.15) is 0 Å². The van der Waals surface area contributed by atoms with Gasteiger partial charge < -0.3 is 0 Å². The SMILES string of the molecule is [c]1cccc2ccc3cc4cc5ccccc5cc4cc3c12. The van der Waals surface area contributed by atoms with E-state index < -0.39 is 0 Å². The van der Waals surface area contributed by atoms with Crippen molar-refractivity contribution in [3.63, 3.8) is 0 Å². The van der Waals surface area contributed by atoms with Crippen LogP contribution >= 0.6 is 0 Å². The second-order valence-electron chi connectivity index (χ2n) is 5.82. The summed E-state index contributed by atoms with van der Waals surface area (Å²) in [7, 11) is 0. The highest BCUT2D eigenvalue weighted by molar-refractivity contribution is 6.13. The van der Waals surface area contributed by atoms with E-state index in [1.165, 1.54) is 43.1 Å². The highest BCUT2D eigenvalue weighted by Crippen LogP contribution is 2.31. The lowest BCUT2D eigenvalue weighted by molar-refractivity contribution is 1.77. The Kier molecular flexibility index (Phi) is 2.31. The molecule has 5 aromatic rings. The van der Waals surface area contributed by atoms with Crippen LogP contribution < -0.4 is 0 Å². The fraction of sp³-hybridized carbons (Fsp3) is 0. The molecule has 22 heavy (non-hydrogen) atoms. The summed E-state index contributed by atoms with van der Waals surface area (Å²) < 4.78 is 0. The molecule has 0 saturated heterocycles. The summed E-state index contributed by atoms with van der Waals surface area (Å²) >= 11 is 0. The first-order valence-electron chi connectivity index (χ1n) is 7.54. The average molecular weight is 277 g/mol. The molecule has 0 N–H and O–H groups in total. The van der Waals surface area contributed by atoms with Gasteiger partial charge in [-0.3, -0.25) is 0 Å². The molecule has 0 fully saturated rings. The minimum absolute atomic E-state index is 1.20. The van der Waals surface area contributed by atoms with Crippen LogP contribution in [0.25, 0.3) is 43.1 Å². The Morgan fingerprint density at radius 2 is 1.14 bits per heavy atom. The number of rotatable bonds is 0. The van der Waals surface area contributed by atoms with Crippen LogP contribution in [0, 0.1) is 6.07 Å². The summed E-state index contributed by atoms with van der Waals surface area (Å²) in [6, 6.07) is 31.7. The van der Waals surface area contributed by atoms with Gasteiger partial charge in [0.2, 0.25) is 0 Å². The van der Waals surface area contributed by atoms with E-state index in [1.54, 1.807) is 0 Å². The number of hydrogen-bond donors (Lipinski definition) is 0. The van der Waals surface area contributed by atoms with Crippen LogP contribution in [-0.4, -0.2) is 0 Å². The van der Waals surface area contributed by atoms with E-state index in [2.05, 4.69) is 72.8 Å². The van der Waals surface area contributed by atoms with Crippen molar-refractivity contribution in [3.8, 4) is 0 Å². The second-order valence-corrected chi connectivity index (χ2v) is 5.82. The van der Waals surface area contributed by atoms with Gasteiger partial charge in [-0.25, -0.2) is 0 Å². The van der Waals surface area contributed by atoms with E-state index in [0.717, 1.165) is 0 Å². The Hall–Kier alpha value is -2.86. The summed E-state index contributed by atoms with van der Waals surface area (Å²) in [5, 5.41) is 10.2. The summed E-state index contributed by atoms with van der Waals surface area (Å²) in [4.78, 5) is 0. The molecule has 1 radical (unpaired) electrons. The molecule has 0 aliphatic carbocycles. The molecule has 0 unspecified atom stereocenters. The Labute approximate surface area is 128 Å². The third-order valence-electron chi connectivity index (χ3n) is 4.47. The topological polar surface area (TPSA) is 0 Å². The summed E-state index contributed by atoms with van der Waals surface area (Å²) in [5.74, 6) is 0. The van der Waals surface area contributed by atoms with Crippen LogP contribution in [0.2, 0.25) is 0 Å². The first kappa shape index (κ1) is 11.8. The minimum atomic E-state index is 1.20. The van der Waals surface area contributed by atoms with Gasteiger partial charge in [0.25, 0.3) is 0 Å². The quantitative estimate of drug-likeness (QED) is 0.237. The fourth-order valence-corrected chi connectivity index (χ4v) is 3.37. The average Bonchev–Trinajstić information content (AvgIpc) is 2.58. The van der Waals surface area contributed by atoms with Crippen molar-refractivity contribution < 1.29 is 0 Å². The van der Waals surface area contributed by atoms with Crippen molar-refractivity contribution in [1.29, 1.82) is 0 Å². The largest absolute Gasteiger partial charge is 0.0616 e. The van der Waals surface area contributed by atoms with E-state index in [-0.39, 0.29) is 0 Å². The third-order valence-corrected chi connectivity index (χ3v) is 4.47. The predicted octanol–water partition coefficient (Wildman–Crippen LogP) is 6.10. The lowest BCUT2D eigenvalue weighted by atomic mass is 9.96. The highest BCUT2D eigenvalue weighted by Gasteiger charge is 2.04. The lowest BCUT2D eigenvalue weighted by Gasteiger charge is -2.07. The Morgan fingerprint density at radius 1 is 0.500 bits per heavy atom. The molecule has 5 aromatic carbocycles. The molecule has 0 saturated carbocycles. The van der Waals surface area contributed by atoms with E-state index in [0.29, 0.717) is 0 Å². The van der Waals surface area contributed by atoms with Gasteiger partial charge in [-0.2, -0.15) is 0 Å². The van der Waals surface area contributed by atoms with E-state index in [4.69, 9.17) is 0 Å². The van der Waals surface area contributed by atoms with E-state index in [1.807, 2.05) is 12.1 Å². The first-order valence-corrected chi connectivity index (χ1v) is 7.54. The number of fused-ring (bicyclic) bond motifs is 5. The molecule has 0 amide bonds. The molecule has 0 spiro atoms. The predicted molar refractivity (Wildman–Crippen MR) is 95.3 cm³/mol. The molecule has 5 rings (SSSR count). The number of benzene rings is 5. The smallest absolute Gasteiger partial charge is 0.00264 e. The van der Waals surface area contributed by atoms with Crippen molar-refractivity contribution in [2.75, 3.05) is 0 Å². The van der Waals surface area contributed by atoms with Crippen LogP contribution in [0.5, 0.6) is 0 Å². The molecule has 0 heterocycles. The van der Waals surface area contributed by atoms with Gasteiger partial charge in [0, 0.05) is 0 Å². The maximum atomic E-state index is 3.40. The van der Waals surface area contributed by atoms with Gasteiger partial charge in [0.15, 0.2) is 0 Å². The zero-order chi connectivity index (χ0) is 14.5. The van der Waals surface area contributed by atoms with Crippen molar-refractivity contribution in [3.05, 3.63) is 84.9 Å². The van der Waals surface area contributed by atoms with Crippen molar-refractivity contribution in [1.82, 2.24) is 0 Å².